The Labute approximate surface area is 105 Å². The molecule has 1 N–H and O–H groups in total. The lowest BCUT2D eigenvalue weighted by atomic mass is 10.0. The molecule has 1 fully saturated rings. The molecule has 94 valence electrons. The van der Waals surface area contributed by atoms with Gasteiger partial charge < -0.3 is 10.2 Å². The van der Waals surface area contributed by atoms with Gasteiger partial charge in [0.15, 0.2) is 0 Å². The van der Waals surface area contributed by atoms with E-state index < -0.39 is 0 Å². The lowest BCUT2D eigenvalue weighted by Crippen LogP contribution is -2.54. The van der Waals surface area contributed by atoms with Gasteiger partial charge in [0.25, 0.3) is 0 Å². The van der Waals surface area contributed by atoms with Crippen LogP contribution in [0.1, 0.15) is 39.2 Å². The van der Waals surface area contributed by atoms with Crippen LogP contribution in [0, 0.1) is 0 Å². The Kier molecular flexibility index (Phi) is 3.72. The predicted octanol–water partition coefficient (Wildman–Crippen LogP) is 3.00. The number of hydrogen-bond acceptors (Lipinski definition) is 2. The largest absolute Gasteiger partial charge is 0.366 e. The van der Waals surface area contributed by atoms with Crippen molar-refractivity contribution >= 4 is 5.69 Å². The van der Waals surface area contributed by atoms with Gasteiger partial charge in [-0.05, 0) is 37.5 Å². The number of anilines is 1. The maximum absolute atomic E-state index is 3.53. The fraction of sp³-hybridized carbons (Fsp3) is 0.600. The fourth-order valence-corrected chi connectivity index (χ4v) is 2.44. The standard InChI is InChI=1S/C15H24N2/c1-11(2)14-6-5-7-15(8-14)17-10-12(3)16-9-13(17)4/h5-8,11-13,16H,9-10H2,1-4H3. The average molecular weight is 232 g/mol. The van der Waals surface area contributed by atoms with Gasteiger partial charge in [0.2, 0.25) is 0 Å². The van der Waals surface area contributed by atoms with E-state index in [0.717, 1.165) is 13.1 Å². The highest BCUT2D eigenvalue weighted by Gasteiger charge is 2.22. The van der Waals surface area contributed by atoms with Gasteiger partial charge in [0, 0.05) is 30.9 Å². The van der Waals surface area contributed by atoms with Crippen LogP contribution in [0.25, 0.3) is 0 Å². The summed E-state index contributed by atoms with van der Waals surface area (Å²) in [5.41, 5.74) is 2.80. The highest BCUT2D eigenvalue weighted by molar-refractivity contribution is 5.50. The number of piperazine rings is 1. The molecule has 1 saturated heterocycles. The minimum absolute atomic E-state index is 0.577. The van der Waals surface area contributed by atoms with Gasteiger partial charge in [0.1, 0.15) is 0 Å². The number of rotatable bonds is 2. The van der Waals surface area contributed by atoms with Crippen molar-refractivity contribution in [1.82, 2.24) is 5.32 Å². The van der Waals surface area contributed by atoms with Crippen LogP contribution in [0.15, 0.2) is 24.3 Å². The summed E-state index contributed by atoms with van der Waals surface area (Å²) in [5.74, 6) is 0.602. The topological polar surface area (TPSA) is 15.3 Å². The normalized spacial score (nSPS) is 25.4. The second-order valence-corrected chi connectivity index (χ2v) is 5.56. The Morgan fingerprint density at radius 3 is 2.76 bits per heavy atom. The molecule has 1 aromatic rings. The molecule has 0 bridgehead atoms. The van der Waals surface area contributed by atoms with Crippen LogP contribution in [0.3, 0.4) is 0 Å². The third-order valence-corrected chi connectivity index (χ3v) is 3.63. The van der Waals surface area contributed by atoms with Gasteiger partial charge in [-0.2, -0.15) is 0 Å². The van der Waals surface area contributed by atoms with Crippen LogP contribution >= 0.6 is 0 Å². The third kappa shape index (κ3) is 2.81. The van der Waals surface area contributed by atoms with E-state index in [-0.39, 0.29) is 0 Å². The highest BCUT2D eigenvalue weighted by atomic mass is 15.2. The van der Waals surface area contributed by atoms with Gasteiger partial charge in [-0.25, -0.2) is 0 Å². The monoisotopic (exact) mass is 232 g/mol. The molecule has 2 rings (SSSR count). The second kappa shape index (κ2) is 5.09. The summed E-state index contributed by atoms with van der Waals surface area (Å²) >= 11 is 0. The van der Waals surface area contributed by atoms with E-state index in [1.807, 2.05) is 0 Å². The fourth-order valence-electron chi connectivity index (χ4n) is 2.44. The average Bonchev–Trinajstić information content (AvgIpc) is 2.32. The molecule has 0 aromatic heterocycles. The van der Waals surface area contributed by atoms with Crippen molar-refractivity contribution in [2.45, 2.75) is 45.7 Å². The molecule has 2 atom stereocenters. The molecule has 2 unspecified atom stereocenters. The van der Waals surface area contributed by atoms with E-state index in [2.05, 4.69) is 62.2 Å². The van der Waals surface area contributed by atoms with E-state index in [1.54, 1.807) is 0 Å². The number of nitrogens with one attached hydrogen (secondary N) is 1. The minimum Gasteiger partial charge on any atom is -0.366 e. The quantitative estimate of drug-likeness (QED) is 0.843. The summed E-state index contributed by atoms with van der Waals surface area (Å²) in [6.45, 7) is 11.2. The molecule has 1 heterocycles. The summed E-state index contributed by atoms with van der Waals surface area (Å²) < 4.78 is 0. The van der Waals surface area contributed by atoms with E-state index in [4.69, 9.17) is 0 Å². The molecule has 1 aliphatic rings. The van der Waals surface area contributed by atoms with Gasteiger partial charge in [-0.1, -0.05) is 26.0 Å². The van der Waals surface area contributed by atoms with Gasteiger partial charge in [0.05, 0.1) is 0 Å². The van der Waals surface area contributed by atoms with Gasteiger partial charge in [-0.15, -0.1) is 0 Å². The Hall–Kier alpha value is -1.02. The van der Waals surface area contributed by atoms with Crippen molar-refractivity contribution in [2.24, 2.45) is 0 Å². The van der Waals surface area contributed by atoms with Crippen LogP contribution in [0.2, 0.25) is 0 Å². The van der Waals surface area contributed by atoms with Crippen LogP contribution in [0.4, 0.5) is 5.69 Å². The first-order valence-corrected chi connectivity index (χ1v) is 6.68. The van der Waals surface area contributed by atoms with Crippen LogP contribution in [-0.2, 0) is 0 Å². The van der Waals surface area contributed by atoms with Crippen molar-refractivity contribution < 1.29 is 0 Å². The lowest BCUT2D eigenvalue weighted by molar-refractivity contribution is 0.425. The van der Waals surface area contributed by atoms with Gasteiger partial charge >= 0.3 is 0 Å². The third-order valence-electron chi connectivity index (χ3n) is 3.63. The summed E-state index contributed by atoms with van der Waals surface area (Å²) in [5, 5.41) is 3.53. The Bertz CT molecular complexity index is 373. The van der Waals surface area contributed by atoms with E-state index >= 15 is 0 Å². The molecule has 17 heavy (non-hydrogen) atoms. The van der Waals surface area contributed by atoms with Crippen molar-refractivity contribution in [3.05, 3.63) is 29.8 Å². The van der Waals surface area contributed by atoms with E-state index in [0.29, 0.717) is 18.0 Å². The number of benzene rings is 1. The summed E-state index contributed by atoms with van der Waals surface area (Å²) in [4.78, 5) is 2.52. The summed E-state index contributed by atoms with van der Waals surface area (Å²) in [7, 11) is 0. The maximum Gasteiger partial charge on any atom is 0.0387 e. The Balaban J connectivity index is 2.23. The molecule has 2 nitrogen and oxygen atoms in total. The first-order chi connectivity index (χ1) is 8.08. The highest BCUT2D eigenvalue weighted by Crippen LogP contribution is 2.24. The molecule has 1 aliphatic heterocycles. The van der Waals surface area contributed by atoms with Crippen LogP contribution in [-0.4, -0.2) is 25.2 Å². The molecule has 0 spiro atoms. The first-order valence-electron chi connectivity index (χ1n) is 6.68. The summed E-state index contributed by atoms with van der Waals surface area (Å²) in [6, 6.07) is 10.1. The zero-order chi connectivity index (χ0) is 12.4. The Morgan fingerprint density at radius 1 is 1.29 bits per heavy atom. The van der Waals surface area contributed by atoms with Crippen LogP contribution < -0.4 is 10.2 Å². The van der Waals surface area contributed by atoms with Crippen molar-refractivity contribution in [3.8, 4) is 0 Å². The van der Waals surface area contributed by atoms with E-state index in [1.165, 1.54) is 11.3 Å². The first kappa shape index (κ1) is 12.4. The Morgan fingerprint density at radius 2 is 2.06 bits per heavy atom. The minimum atomic E-state index is 0.577. The number of nitrogens with zero attached hydrogens (tertiary/aromatic N) is 1. The molecule has 0 amide bonds. The molecule has 1 aromatic carbocycles. The second-order valence-electron chi connectivity index (χ2n) is 5.56. The van der Waals surface area contributed by atoms with Crippen molar-refractivity contribution in [1.29, 1.82) is 0 Å². The molecule has 2 heteroatoms. The van der Waals surface area contributed by atoms with E-state index in [9.17, 15) is 0 Å². The maximum atomic E-state index is 3.53. The smallest absolute Gasteiger partial charge is 0.0387 e. The summed E-state index contributed by atoms with van der Waals surface area (Å²) in [6.07, 6.45) is 0. The van der Waals surface area contributed by atoms with Crippen molar-refractivity contribution in [2.75, 3.05) is 18.0 Å². The predicted molar refractivity (Wildman–Crippen MR) is 74.8 cm³/mol. The SMILES string of the molecule is CC1CN(c2cccc(C(C)C)c2)C(C)CN1. The van der Waals surface area contributed by atoms with Crippen molar-refractivity contribution in [3.63, 3.8) is 0 Å². The molecule has 0 radical (unpaired) electrons. The van der Waals surface area contributed by atoms with Gasteiger partial charge in [-0.3, -0.25) is 0 Å². The molecule has 0 saturated carbocycles. The zero-order valence-electron chi connectivity index (χ0n) is 11.4. The number of hydrogen-bond donors (Lipinski definition) is 1. The molecular weight excluding hydrogens is 208 g/mol. The molecular formula is C15H24N2. The zero-order valence-corrected chi connectivity index (χ0v) is 11.4. The van der Waals surface area contributed by atoms with Crippen LogP contribution in [0.5, 0.6) is 0 Å². The molecule has 0 aliphatic carbocycles. The lowest BCUT2D eigenvalue weighted by Gasteiger charge is -2.39.